The van der Waals surface area contributed by atoms with E-state index >= 15 is 0 Å². The van der Waals surface area contributed by atoms with Crippen molar-refractivity contribution in [3.05, 3.63) is 68.8 Å². The summed E-state index contributed by atoms with van der Waals surface area (Å²) >= 11 is 7.51. The summed E-state index contributed by atoms with van der Waals surface area (Å²) in [4.78, 5) is 30.0. The van der Waals surface area contributed by atoms with Crippen molar-refractivity contribution in [2.45, 2.75) is 25.0 Å². The van der Waals surface area contributed by atoms with Crippen LogP contribution in [0.15, 0.2) is 41.2 Å². The number of halogens is 2. The van der Waals surface area contributed by atoms with Gasteiger partial charge in [0.1, 0.15) is 5.82 Å². The summed E-state index contributed by atoms with van der Waals surface area (Å²) in [6, 6.07) is 9.74. The molecular weight excluding hydrogens is 479 g/mol. The van der Waals surface area contributed by atoms with Crippen LogP contribution in [-0.4, -0.2) is 63.7 Å². The molecule has 2 heterocycles. The number of likely N-dealkylation sites (tertiary alicyclic amines) is 1. The number of carbonyl (C=O) groups excluding carboxylic acids is 1. The summed E-state index contributed by atoms with van der Waals surface area (Å²) in [5.41, 5.74) is 1.33. The number of aromatic nitrogens is 2. The summed E-state index contributed by atoms with van der Waals surface area (Å²) in [6.07, 6.45) is 2.69. The van der Waals surface area contributed by atoms with Crippen LogP contribution in [0.5, 0.6) is 0 Å². The molecule has 7 nitrogen and oxygen atoms in total. The zero-order valence-corrected chi connectivity index (χ0v) is 20.5. The van der Waals surface area contributed by atoms with E-state index in [0.717, 1.165) is 11.3 Å². The Bertz CT molecular complexity index is 1210. The highest BCUT2D eigenvalue weighted by molar-refractivity contribution is 7.98. The Balaban J connectivity index is 1.44. The molecule has 0 radical (unpaired) electrons. The maximum Gasteiger partial charge on any atom is 0.326 e. The number of carbonyl (C=O) groups is 1. The maximum absolute atomic E-state index is 14.8. The quantitative estimate of drug-likeness (QED) is 0.406. The number of aromatic amines is 1. The molecule has 10 heteroatoms. The Morgan fingerprint density at radius 2 is 2.00 bits per heavy atom. The van der Waals surface area contributed by atoms with Gasteiger partial charge < -0.3 is 20.3 Å². The fourth-order valence-corrected chi connectivity index (χ4v) is 4.87. The van der Waals surface area contributed by atoms with Crippen LogP contribution >= 0.6 is 23.4 Å². The molecule has 1 saturated heterocycles. The van der Waals surface area contributed by atoms with E-state index < -0.39 is 17.8 Å². The Labute approximate surface area is 206 Å². The van der Waals surface area contributed by atoms with Gasteiger partial charge in [0, 0.05) is 49.1 Å². The lowest BCUT2D eigenvalue weighted by atomic mass is 10.0. The van der Waals surface area contributed by atoms with Crippen LogP contribution in [0.4, 0.5) is 4.39 Å². The topological polar surface area (TPSA) is 90.4 Å². The van der Waals surface area contributed by atoms with Crippen molar-refractivity contribution in [3.8, 4) is 0 Å². The number of thioether (sulfide) groups is 1. The molecule has 0 spiro atoms. The summed E-state index contributed by atoms with van der Waals surface area (Å²) in [5, 5.41) is 13.9. The predicted octanol–water partition coefficient (Wildman–Crippen LogP) is 3.59. The summed E-state index contributed by atoms with van der Waals surface area (Å²) < 4.78 is 16.4. The second-order valence-electron chi connectivity index (χ2n) is 8.50. The lowest BCUT2D eigenvalue weighted by Crippen LogP contribution is -2.39. The number of nitrogens with one attached hydrogen (secondary N) is 2. The number of aliphatic hydroxyl groups is 1. The molecule has 1 aliphatic heterocycles. The van der Waals surface area contributed by atoms with Crippen molar-refractivity contribution in [2.75, 3.05) is 38.2 Å². The SMILES string of the molecule is CSCCNC(=O)c1cc2[nH]c(=O)n(C3CCN(CC(O)c4ccc(Cl)cc4)CC3)c2cc1F. The number of fused-ring (bicyclic) bond motifs is 1. The number of aliphatic hydroxyl groups excluding tert-OH is 1. The van der Waals surface area contributed by atoms with Crippen molar-refractivity contribution < 1.29 is 14.3 Å². The Kier molecular flexibility index (Phi) is 7.98. The van der Waals surface area contributed by atoms with Crippen LogP contribution in [0.3, 0.4) is 0 Å². The van der Waals surface area contributed by atoms with Crippen LogP contribution in [0.1, 0.15) is 40.9 Å². The van der Waals surface area contributed by atoms with Crippen molar-refractivity contribution in [1.82, 2.24) is 19.8 Å². The number of piperidine rings is 1. The minimum atomic E-state index is -0.648. The highest BCUT2D eigenvalue weighted by atomic mass is 35.5. The van der Waals surface area contributed by atoms with Gasteiger partial charge in [-0.05, 0) is 42.9 Å². The maximum atomic E-state index is 14.8. The molecular formula is C24H28ClFN4O3S. The fraction of sp³-hybridized carbons (Fsp3) is 0.417. The first-order valence-electron chi connectivity index (χ1n) is 11.2. The zero-order valence-electron chi connectivity index (χ0n) is 18.9. The molecule has 1 atom stereocenters. The number of nitrogens with zero attached hydrogens (tertiary/aromatic N) is 2. The molecule has 0 saturated carbocycles. The molecule has 1 fully saturated rings. The van der Waals surface area contributed by atoms with Crippen LogP contribution in [0.25, 0.3) is 11.0 Å². The first-order valence-corrected chi connectivity index (χ1v) is 13.0. The smallest absolute Gasteiger partial charge is 0.326 e. The fourth-order valence-electron chi connectivity index (χ4n) is 4.44. The van der Waals surface area contributed by atoms with Crippen molar-refractivity contribution in [1.29, 1.82) is 0 Å². The lowest BCUT2D eigenvalue weighted by molar-refractivity contribution is 0.0906. The van der Waals surface area contributed by atoms with Crippen LogP contribution in [0.2, 0.25) is 5.02 Å². The molecule has 3 aromatic rings. The van der Waals surface area contributed by atoms with Crippen molar-refractivity contribution in [3.63, 3.8) is 0 Å². The van der Waals surface area contributed by atoms with Gasteiger partial charge in [0.25, 0.3) is 5.91 Å². The van der Waals surface area contributed by atoms with Gasteiger partial charge in [-0.1, -0.05) is 23.7 Å². The first kappa shape index (κ1) is 24.8. The summed E-state index contributed by atoms with van der Waals surface area (Å²) in [7, 11) is 0. The zero-order chi connectivity index (χ0) is 24.2. The number of amides is 1. The monoisotopic (exact) mass is 506 g/mol. The average molecular weight is 507 g/mol. The Morgan fingerprint density at radius 3 is 2.68 bits per heavy atom. The van der Waals surface area contributed by atoms with E-state index in [1.54, 1.807) is 28.5 Å². The van der Waals surface area contributed by atoms with Gasteiger partial charge in [-0.15, -0.1) is 0 Å². The number of rotatable bonds is 8. The third-order valence-corrected chi connectivity index (χ3v) is 7.11. The molecule has 0 aliphatic carbocycles. The molecule has 4 rings (SSSR count). The minimum absolute atomic E-state index is 0.0759. The van der Waals surface area contributed by atoms with E-state index in [0.29, 0.717) is 55.1 Å². The van der Waals surface area contributed by atoms with E-state index in [2.05, 4.69) is 15.2 Å². The second kappa shape index (κ2) is 10.9. The van der Waals surface area contributed by atoms with Gasteiger partial charge in [0.15, 0.2) is 0 Å². The molecule has 1 aromatic heterocycles. The highest BCUT2D eigenvalue weighted by Crippen LogP contribution is 2.27. The molecule has 34 heavy (non-hydrogen) atoms. The standard InChI is InChI=1S/C24H28ClFN4O3S/c1-34-11-8-27-23(32)18-12-20-21(13-19(18)26)30(24(33)28-20)17-6-9-29(10-7-17)14-22(31)15-2-4-16(25)5-3-15/h2-5,12-13,17,22,31H,6-11,14H2,1H3,(H,27,32)(H,28,33). The largest absolute Gasteiger partial charge is 0.387 e. The van der Waals surface area contributed by atoms with Crippen LogP contribution < -0.4 is 11.0 Å². The number of hydrogen-bond donors (Lipinski definition) is 3. The van der Waals surface area contributed by atoms with E-state index in [-0.39, 0.29) is 17.3 Å². The molecule has 182 valence electrons. The van der Waals surface area contributed by atoms with Crippen LogP contribution in [0, 0.1) is 5.82 Å². The van der Waals surface area contributed by atoms with Gasteiger partial charge >= 0.3 is 5.69 Å². The third-order valence-electron chi connectivity index (χ3n) is 6.25. The number of H-pyrrole nitrogens is 1. The van der Waals surface area contributed by atoms with Gasteiger partial charge in [0.2, 0.25) is 0 Å². The number of β-amino-alcohol motifs (C(OH)–C–C–N with tert-alkyl or cyclic N) is 1. The molecule has 1 unspecified atom stereocenters. The van der Waals surface area contributed by atoms with E-state index in [1.165, 1.54) is 12.1 Å². The molecule has 1 aliphatic rings. The van der Waals surface area contributed by atoms with E-state index in [1.807, 2.05) is 18.4 Å². The van der Waals surface area contributed by atoms with Gasteiger partial charge in [0.05, 0.1) is 22.7 Å². The highest BCUT2D eigenvalue weighted by Gasteiger charge is 2.26. The van der Waals surface area contributed by atoms with Gasteiger partial charge in [-0.3, -0.25) is 9.36 Å². The van der Waals surface area contributed by atoms with Gasteiger partial charge in [-0.2, -0.15) is 11.8 Å². The van der Waals surface area contributed by atoms with E-state index in [4.69, 9.17) is 11.6 Å². The predicted molar refractivity (Wildman–Crippen MR) is 134 cm³/mol. The lowest BCUT2D eigenvalue weighted by Gasteiger charge is -2.33. The van der Waals surface area contributed by atoms with Crippen LogP contribution in [-0.2, 0) is 0 Å². The van der Waals surface area contributed by atoms with Gasteiger partial charge in [-0.25, -0.2) is 9.18 Å². The average Bonchev–Trinajstić information content (AvgIpc) is 3.14. The molecule has 2 aromatic carbocycles. The molecule has 3 N–H and O–H groups in total. The molecule has 1 amide bonds. The number of benzene rings is 2. The van der Waals surface area contributed by atoms with E-state index in [9.17, 15) is 19.1 Å². The Hall–Kier alpha value is -2.33. The molecule has 0 bridgehead atoms. The number of imidazole rings is 1. The number of hydrogen-bond acceptors (Lipinski definition) is 5. The third kappa shape index (κ3) is 5.49. The van der Waals surface area contributed by atoms with Crippen molar-refractivity contribution >= 4 is 40.3 Å². The van der Waals surface area contributed by atoms with Crippen molar-refractivity contribution in [2.24, 2.45) is 0 Å². The summed E-state index contributed by atoms with van der Waals surface area (Å²) in [5.74, 6) is -0.405. The normalized spacial score (nSPS) is 16.1. The second-order valence-corrected chi connectivity index (χ2v) is 9.92. The minimum Gasteiger partial charge on any atom is -0.387 e. The Morgan fingerprint density at radius 1 is 1.29 bits per heavy atom. The first-order chi connectivity index (χ1) is 16.4. The summed E-state index contributed by atoms with van der Waals surface area (Å²) in [6.45, 7) is 2.33.